The minimum Gasteiger partial charge on any atom is -0.353 e. The van der Waals surface area contributed by atoms with Gasteiger partial charge >= 0.3 is 0 Å². The van der Waals surface area contributed by atoms with Crippen LogP contribution in [-0.2, 0) is 16.1 Å². The predicted molar refractivity (Wildman–Crippen MR) is 98.8 cm³/mol. The Balaban J connectivity index is 1.56. The number of aryl methyl sites for hydroxylation is 1. The summed E-state index contributed by atoms with van der Waals surface area (Å²) in [6, 6.07) is 8.50. The summed E-state index contributed by atoms with van der Waals surface area (Å²) in [6.07, 6.45) is 3.83. The van der Waals surface area contributed by atoms with E-state index in [2.05, 4.69) is 50.4 Å². The van der Waals surface area contributed by atoms with Gasteiger partial charge in [0.15, 0.2) is 0 Å². The molecule has 1 saturated heterocycles. The second-order valence-corrected chi connectivity index (χ2v) is 8.04. The zero-order chi connectivity index (χ0) is 18.0. The zero-order valence-corrected chi connectivity index (χ0v) is 15.6. The highest BCUT2D eigenvalue weighted by Gasteiger charge is 2.36. The van der Waals surface area contributed by atoms with Gasteiger partial charge in [-0.05, 0) is 30.7 Å². The fraction of sp³-hybridized carbons (Fsp3) is 0.619. The lowest BCUT2D eigenvalue weighted by atomic mass is 9.78. The van der Waals surface area contributed by atoms with Crippen LogP contribution in [0.4, 0.5) is 0 Å². The highest BCUT2D eigenvalue weighted by atomic mass is 16.2. The summed E-state index contributed by atoms with van der Waals surface area (Å²) < 4.78 is 0. The van der Waals surface area contributed by atoms with E-state index in [-0.39, 0.29) is 23.8 Å². The van der Waals surface area contributed by atoms with Crippen LogP contribution in [0.15, 0.2) is 24.3 Å². The van der Waals surface area contributed by atoms with E-state index >= 15 is 0 Å². The van der Waals surface area contributed by atoms with E-state index in [1.807, 2.05) is 4.90 Å². The molecule has 1 aliphatic carbocycles. The van der Waals surface area contributed by atoms with E-state index in [9.17, 15) is 9.59 Å². The monoisotopic (exact) mass is 342 g/mol. The van der Waals surface area contributed by atoms with Crippen LogP contribution in [0.25, 0.3) is 0 Å². The lowest BCUT2D eigenvalue weighted by molar-refractivity contribution is -0.129. The maximum Gasteiger partial charge on any atom is 0.225 e. The van der Waals surface area contributed by atoms with Gasteiger partial charge in [0.05, 0.1) is 5.92 Å². The Kier molecular flexibility index (Phi) is 5.45. The second-order valence-electron chi connectivity index (χ2n) is 8.04. The van der Waals surface area contributed by atoms with E-state index in [1.165, 1.54) is 18.4 Å². The fourth-order valence-corrected chi connectivity index (χ4v) is 4.10. The van der Waals surface area contributed by atoms with Gasteiger partial charge in [-0.3, -0.25) is 9.59 Å². The van der Waals surface area contributed by atoms with Crippen LogP contribution in [0, 0.1) is 24.7 Å². The third kappa shape index (κ3) is 4.23. The van der Waals surface area contributed by atoms with Crippen molar-refractivity contribution in [1.82, 2.24) is 10.2 Å². The maximum atomic E-state index is 12.7. The van der Waals surface area contributed by atoms with Crippen LogP contribution < -0.4 is 5.32 Å². The third-order valence-electron chi connectivity index (χ3n) is 6.11. The smallest absolute Gasteiger partial charge is 0.225 e. The molecule has 1 saturated carbocycles. The Morgan fingerprint density at radius 2 is 1.92 bits per heavy atom. The third-order valence-corrected chi connectivity index (χ3v) is 6.11. The minimum atomic E-state index is -0.206. The van der Waals surface area contributed by atoms with Crippen molar-refractivity contribution in [3.63, 3.8) is 0 Å². The van der Waals surface area contributed by atoms with Gasteiger partial charge in [0, 0.05) is 25.6 Å². The quantitative estimate of drug-likeness (QED) is 0.913. The summed E-state index contributed by atoms with van der Waals surface area (Å²) in [5.41, 5.74) is 2.33. The first-order valence-electron chi connectivity index (χ1n) is 9.57. The Morgan fingerprint density at radius 1 is 1.20 bits per heavy atom. The van der Waals surface area contributed by atoms with Gasteiger partial charge in [-0.15, -0.1) is 0 Å². The largest absolute Gasteiger partial charge is 0.353 e. The SMILES string of the molecule is Cc1ccc(CN2C[C@H](C(=O)N[C@H]3CCC[C@@H](C)[C@@H]3C)CC2=O)cc1. The number of nitrogens with zero attached hydrogens (tertiary/aromatic N) is 1. The average Bonchev–Trinajstić information content (AvgIpc) is 2.95. The lowest BCUT2D eigenvalue weighted by Gasteiger charge is -2.35. The molecule has 25 heavy (non-hydrogen) atoms. The zero-order valence-electron chi connectivity index (χ0n) is 15.6. The number of rotatable bonds is 4. The van der Waals surface area contributed by atoms with Crippen molar-refractivity contribution >= 4 is 11.8 Å². The molecule has 1 N–H and O–H groups in total. The molecule has 0 unspecified atom stereocenters. The normalized spacial score (nSPS) is 29.7. The lowest BCUT2D eigenvalue weighted by Crippen LogP contribution is -2.46. The summed E-state index contributed by atoms with van der Waals surface area (Å²) >= 11 is 0. The first-order valence-corrected chi connectivity index (χ1v) is 9.57. The Bertz CT molecular complexity index is 625. The first kappa shape index (κ1) is 18.0. The van der Waals surface area contributed by atoms with Gasteiger partial charge in [0.1, 0.15) is 0 Å². The molecule has 136 valence electrons. The Hall–Kier alpha value is -1.84. The number of benzene rings is 1. The van der Waals surface area contributed by atoms with E-state index in [0.717, 1.165) is 12.0 Å². The predicted octanol–water partition coefficient (Wildman–Crippen LogP) is 3.28. The molecule has 2 aliphatic rings. The number of nitrogens with one attached hydrogen (secondary N) is 1. The van der Waals surface area contributed by atoms with Crippen LogP contribution >= 0.6 is 0 Å². The van der Waals surface area contributed by atoms with Crippen molar-refractivity contribution in [1.29, 1.82) is 0 Å². The van der Waals surface area contributed by atoms with Crippen LogP contribution in [0.5, 0.6) is 0 Å². The topological polar surface area (TPSA) is 49.4 Å². The Labute approximate surface area is 151 Å². The van der Waals surface area contributed by atoms with E-state index in [1.54, 1.807) is 0 Å². The molecule has 3 rings (SSSR count). The van der Waals surface area contributed by atoms with Crippen LogP contribution in [-0.4, -0.2) is 29.3 Å². The summed E-state index contributed by atoms with van der Waals surface area (Å²) in [5, 5.41) is 3.24. The molecule has 4 heteroatoms. The van der Waals surface area contributed by atoms with Gasteiger partial charge in [-0.2, -0.15) is 0 Å². The number of amides is 2. The molecule has 2 amide bonds. The number of carbonyl (C=O) groups excluding carboxylic acids is 2. The number of carbonyl (C=O) groups is 2. The van der Waals surface area contributed by atoms with Crippen molar-refractivity contribution in [3.8, 4) is 0 Å². The summed E-state index contributed by atoms with van der Waals surface area (Å²) in [7, 11) is 0. The summed E-state index contributed by atoms with van der Waals surface area (Å²) in [5.74, 6) is 1.11. The van der Waals surface area contributed by atoms with E-state index in [0.29, 0.717) is 31.3 Å². The van der Waals surface area contributed by atoms with Gasteiger partial charge in [0.25, 0.3) is 0 Å². The molecule has 4 nitrogen and oxygen atoms in total. The molecule has 0 bridgehead atoms. The average molecular weight is 342 g/mol. The van der Waals surface area contributed by atoms with Crippen molar-refractivity contribution < 1.29 is 9.59 Å². The van der Waals surface area contributed by atoms with E-state index in [4.69, 9.17) is 0 Å². The molecular weight excluding hydrogens is 312 g/mol. The van der Waals surface area contributed by atoms with Crippen molar-refractivity contribution in [2.75, 3.05) is 6.54 Å². The van der Waals surface area contributed by atoms with Crippen LogP contribution in [0.1, 0.15) is 50.7 Å². The highest BCUT2D eigenvalue weighted by Crippen LogP contribution is 2.30. The molecule has 1 aliphatic heterocycles. The van der Waals surface area contributed by atoms with Gasteiger partial charge in [-0.1, -0.05) is 56.5 Å². The Morgan fingerprint density at radius 3 is 2.64 bits per heavy atom. The maximum absolute atomic E-state index is 12.7. The standard InChI is InChI=1S/C21H30N2O2/c1-14-7-9-17(10-8-14)12-23-13-18(11-20(23)24)21(25)22-19-6-4-5-15(2)16(19)3/h7-10,15-16,18-19H,4-6,11-13H2,1-3H3,(H,22,25)/t15-,16+,18-,19+/m1/s1. The molecule has 1 heterocycles. The molecule has 0 spiro atoms. The first-order chi connectivity index (χ1) is 11.9. The van der Waals surface area contributed by atoms with Crippen molar-refractivity contribution in [2.24, 2.45) is 17.8 Å². The highest BCUT2D eigenvalue weighted by molar-refractivity contribution is 5.89. The molecule has 1 aromatic rings. The molecule has 2 fully saturated rings. The number of hydrogen-bond acceptors (Lipinski definition) is 2. The fourth-order valence-electron chi connectivity index (χ4n) is 4.10. The van der Waals surface area contributed by atoms with Crippen molar-refractivity contribution in [3.05, 3.63) is 35.4 Å². The van der Waals surface area contributed by atoms with Crippen LogP contribution in [0.2, 0.25) is 0 Å². The molecule has 0 radical (unpaired) electrons. The molecule has 0 aromatic heterocycles. The van der Waals surface area contributed by atoms with Gasteiger partial charge < -0.3 is 10.2 Å². The number of hydrogen-bond donors (Lipinski definition) is 1. The molecule has 1 aromatic carbocycles. The minimum absolute atomic E-state index is 0.0608. The van der Waals surface area contributed by atoms with Gasteiger partial charge in [-0.25, -0.2) is 0 Å². The van der Waals surface area contributed by atoms with Gasteiger partial charge in [0.2, 0.25) is 11.8 Å². The van der Waals surface area contributed by atoms with Crippen molar-refractivity contribution in [2.45, 2.75) is 59.0 Å². The summed E-state index contributed by atoms with van der Waals surface area (Å²) in [4.78, 5) is 26.8. The molecular formula is C21H30N2O2. The number of likely N-dealkylation sites (tertiary alicyclic amines) is 1. The van der Waals surface area contributed by atoms with Crippen LogP contribution in [0.3, 0.4) is 0 Å². The molecule has 4 atom stereocenters. The summed E-state index contributed by atoms with van der Waals surface area (Å²) in [6.45, 7) is 7.69. The van der Waals surface area contributed by atoms with E-state index < -0.39 is 0 Å². The second kappa shape index (κ2) is 7.59.